The average Bonchev–Trinajstić information content (AvgIpc) is 2.67. The lowest BCUT2D eigenvalue weighted by Crippen LogP contribution is -2.43. The number of aryl methyl sites for hydroxylation is 1. The van der Waals surface area contributed by atoms with Gasteiger partial charge in [0.2, 0.25) is 10.0 Å². The molecule has 116 valence electrons. The van der Waals surface area contributed by atoms with Crippen LogP contribution in [0.3, 0.4) is 0 Å². The van der Waals surface area contributed by atoms with Gasteiger partial charge in [0.1, 0.15) is 0 Å². The Balaban J connectivity index is 1.64. The second kappa shape index (κ2) is 5.71. The Morgan fingerprint density at radius 1 is 1.19 bits per heavy atom. The van der Waals surface area contributed by atoms with Gasteiger partial charge in [-0.3, -0.25) is 0 Å². The maximum Gasteiger partial charge on any atom is 0.240 e. The predicted molar refractivity (Wildman–Crippen MR) is 83.7 cm³/mol. The molecule has 2 saturated heterocycles. The molecule has 2 bridgehead atoms. The van der Waals surface area contributed by atoms with Gasteiger partial charge >= 0.3 is 0 Å². The van der Waals surface area contributed by atoms with Crippen molar-refractivity contribution in [2.24, 2.45) is 5.92 Å². The fourth-order valence-electron chi connectivity index (χ4n) is 3.85. The molecule has 1 N–H and O–H groups in total. The maximum atomic E-state index is 12.4. The quantitative estimate of drug-likeness (QED) is 0.927. The van der Waals surface area contributed by atoms with Gasteiger partial charge in [-0.2, -0.15) is 0 Å². The molecule has 0 aromatic heterocycles. The third-order valence-corrected chi connectivity index (χ3v) is 6.72. The number of fused-ring (bicyclic) bond motifs is 2. The van der Waals surface area contributed by atoms with Crippen LogP contribution in [-0.4, -0.2) is 39.0 Å². The van der Waals surface area contributed by atoms with Gasteiger partial charge in [0.25, 0.3) is 0 Å². The Hall–Kier alpha value is -0.910. The van der Waals surface area contributed by atoms with Gasteiger partial charge in [0.05, 0.1) is 4.90 Å². The molecular formula is C16H24N2O2S. The summed E-state index contributed by atoms with van der Waals surface area (Å²) in [4.78, 5) is 2.88. The van der Waals surface area contributed by atoms with Gasteiger partial charge in [0, 0.05) is 18.6 Å². The molecule has 0 aliphatic carbocycles. The van der Waals surface area contributed by atoms with Crippen LogP contribution >= 0.6 is 0 Å². The molecular weight excluding hydrogens is 284 g/mol. The highest BCUT2D eigenvalue weighted by Gasteiger charge is 2.38. The summed E-state index contributed by atoms with van der Waals surface area (Å²) in [6.45, 7) is 2.40. The van der Waals surface area contributed by atoms with E-state index < -0.39 is 10.0 Å². The van der Waals surface area contributed by atoms with E-state index in [1.54, 1.807) is 12.1 Å². The van der Waals surface area contributed by atoms with Crippen LogP contribution in [0.15, 0.2) is 29.2 Å². The van der Waals surface area contributed by atoms with Gasteiger partial charge < -0.3 is 4.90 Å². The first-order chi connectivity index (χ1) is 9.97. The molecule has 2 atom stereocenters. The molecule has 2 unspecified atom stereocenters. The average molecular weight is 308 g/mol. The molecule has 0 radical (unpaired) electrons. The molecule has 0 spiro atoms. The monoisotopic (exact) mass is 308 g/mol. The Bertz CT molecular complexity index is 600. The van der Waals surface area contributed by atoms with E-state index >= 15 is 0 Å². The van der Waals surface area contributed by atoms with Crippen molar-refractivity contribution >= 4 is 10.0 Å². The molecule has 1 aromatic carbocycles. The highest BCUT2D eigenvalue weighted by molar-refractivity contribution is 7.89. The molecule has 21 heavy (non-hydrogen) atoms. The molecule has 5 heteroatoms. The standard InChI is InChI=1S/C16H24N2O2S/c1-12-5-3-4-6-16(12)21(19,20)17-11-13-9-14-7-8-15(10-13)18(14)2/h3-6,13-15,17H,7-11H2,1-2H3. The number of piperidine rings is 1. The van der Waals surface area contributed by atoms with Crippen LogP contribution in [0.25, 0.3) is 0 Å². The van der Waals surface area contributed by atoms with Crippen LogP contribution in [0, 0.1) is 12.8 Å². The Morgan fingerprint density at radius 2 is 1.81 bits per heavy atom. The lowest BCUT2D eigenvalue weighted by molar-refractivity contribution is 0.135. The molecule has 2 aliphatic rings. The zero-order valence-electron chi connectivity index (χ0n) is 12.7. The van der Waals surface area contributed by atoms with E-state index in [4.69, 9.17) is 0 Å². The number of rotatable bonds is 4. The summed E-state index contributed by atoms with van der Waals surface area (Å²) in [5.74, 6) is 0.470. The van der Waals surface area contributed by atoms with E-state index in [1.807, 2.05) is 19.1 Å². The Labute approximate surface area is 127 Å². The fraction of sp³-hybridized carbons (Fsp3) is 0.625. The SMILES string of the molecule is Cc1ccccc1S(=O)(=O)NCC1CC2CCC(C1)N2C. The summed E-state index contributed by atoms with van der Waals surface area (Å²) in [5, 5.41) is 0. The first-order valence-electron chi connectivity index (χ1n) is 7.74. The third-order valence-electron chi connectivity index (χ3n) is 5.14. The second-order valence-corrected chi connectivity index (χ2v) is 8.24. The third kappa shape index (κ3) is 3.00. The lowest BCUT2D eigenvalue weighted by atomic mass is 9.91. The van der Waals surface area contributed by atoms with Crippen LogP contribution in [0.4, 0.5) is 0 Å². The van der Waals surface area contributed by atoms with Crippen LogP contribution < -0.4 is 4.72 Å². The maximum absolute atomic E-state index is 12.4. The topological polar surface area (TPSA) is 49.4 Å². The number of hydrogen-bond donors (Lipinski definition) is 1. The van der Waals surface area contributed by atoms with E-state index in [0.717, 1.165) is 18.4 Å². The molecule has 2 heterocycles. The van der Waals surface area contributed by atoms with Crippen LogP contribution in [0.2, 0.25) is 0 Å². The number of nitrogens with zero attached hydrogens (tertiary/aromatic N) is 1. The van der Waals surface area contributed by atoms with Gasteiger partial charge in [-0.25, -0.2) is 13.1 Å². The van der Waals surface area contributed by atoms with E-state index in [2.05, 4.69) is 16.7 Å². The Morgan fingerprint density at radius 3 is 2.43 bits per heavy atom. The zero-order valence-corrected chi connectivity index (χ0v) is 13.6. The largest absolute Gasteiger partial charge is 0.300 e. The summed E-state index contributed by atoms with van der Waals surface area (Å²) in [7, 11) is -1.18. The predicted octanol–water partition coefficient (Wildman–Crippen LogP) is 2.15. The Kier molecular flexibility index (Phi) is 4.08. The van der Waals surface area contributed by atoms with Crippen LogP contribution in [0.5, 0.6) is 0 Å². The molecule has 2 aliphatic heterocycles. The van der Waals surface area contributed by atoms with Crippen LogP contribution in [0.1, 0.15) is 31.2 Å². The normalized spacial score (nSPS) is 29.7. The summed E-state index contributed by atoms with van der Waals surface area (Å²) < 4.78 is 27.7. The minimum absolute atomic E-state index is 0.404. The smallest absolute Gasteiger partial charge is 0.240 e. The van der Waals surface area contributed by atoms with Crippen molar-refractivity contribution in [3.05, 3.63) is 29.8 Å². The van der Waals surface area contributed by atoms with Gasteiger partial charge in [-0.15, -0.1) is 0 Å². The highest BCUT2D eigenvalue weighted by atomic mass is 32.2. The summed E-state index contributed by atoms with van der Waals surface area (Å²) in [6.07, 6.45) is 4.76. The number of hydrogen-bond acceptors (Lipinski definition) is 3. The van der Waals surface area contributed by atoms with E-state index in [1.165, 1.54) is 12.8 Å². The van der Waals surface area contributed by atoms with Crippen molar-refractivity contribution in [3.8, 4) is 0 Å². The second-order valence-electron chi connectivity index (χ2n) is 6.51. The first-order valence-corrected chi connectivity index (χ1v) is 9.23. The molecule has 0 saturated carbocycles. The van der Waals surface area contributed by atoms with Crippen molar-refractivity contribution in [1.82, 2.24) is 9.62 Å². The van der Waals surface area contributed by atoms with Gasteiger partial charge in [-0.1, -0.05) is 18.2 Å². The number of sulfonamides is 1. The fourth-order valence-corrected chi connectivity index (χ4v) is 5.21. The van der Waals surface area contributed by atoms with Crippen molar-refractivity contribution < 1.29 is 8.42 Å². The summed E-state index contributed by atoms with van der Waals surface area (Å²) in [5.41, 5.74) is 0.799. The molecule has 0 amide bonds. The van der Waals surface area contributed by atoms with Gasteiger partial charge in [0.15, 0.2) is 0 Å². The van der Waals surface area contributed by atoms with E-state index in [9.17, 15) is 8.42 Å². The minimum atomic E-state index is -3.38. The van der Waals surface area contributed by atoms with Crippen molar-refractivity contribution in [2.45, 2.75) is 49.6 Å². The molecule has 4 nitrogen and oxygen atoms in total. The summed E-state index contributed by atoms with van der Waals surface area (Å²) in [6, 6.07) is 8.45. The molecule has 1 aromatic rings. The van der Waals surface area contributed by atoms with Crippen molar-refractivity contribution in [2.75, 3.05) is 13.6 Å². The number of benzene rings is 1. The van der Waals surface area contributed by atoms with Crippen molar-refractivity contribution in [3.63, 3.8) is 0 Å². The first kappa shape index (κ1) is 15.0. The zero-order chi connectivity index (χ0) is 15.0. The van der Waals surface area contributed by atoms with E-state index in [0.29, 0.717) is 29.4 Å². The van der Waals surface area contributed by atoms with Gasteiger partial charge in [-0.05, 0) is 57.2 Å². The number of nitrogens with one attached hydrogen (secondary N) is 1. The molecule has 2 fully saturated rings. The van der Waals surface area contributed by atoms with E-state index in [-0.39, 0.29) is 0 Å². The molecule has 3 rings (SSSR count). The summed E-state index contributed by atoms with van der Waals surface area (Å²) >= 11 is 0. The lowest BCUT2D eigenvalue weighted by Gasteiger charge is -2.36. The highest BCUT2D eigenvalue weighted by Crippen LogP contribution is 2.37. The minimum Gasteiger partial charge on any atom is -0.300 e. The van der Waals surface area contributed by atoms with Crippen molar-refractivity contribution in [1.29, 1.82) is 0 Å². The van der Waals surface area contributed by atoms with Crippen LogP contribution in [-0.2, 0) is 10.0 Å².